The second-order valence-corrected chi connectivity index (χ2v) is 12.4. The molecule has 10 heteroatoms. The standard InChI is InChI=1S/C29H29F3N2O4S/c30-24-10-6-19(15-29(28(33)35)13-12-20(16-29)34-39(36,37)21-7-8-21)14-23(24)22-9-11-25(31)26(32)27(22)38-17-18-4-2-1-3-5-18/h1-6,9-11,14,20-21,34H,7-8,12-13,15-17H2,(H2,33,35)/t20-,29+/m0/s1. The van der Waals surface area contributed by atoms with Gasteiger partial charge in [-0.2, -0.15) is 4.39 Å². The van der Waals surface area contributed by atoms with Gasteiger partial charge in [0.15, 0.2) is 11.6 Å². The van der Waals surface area contributed by atoms with Crippen LogP contribution in [0.2, 0.25) is 0 Å². The second kappa shape index (κ2) is 10.7. The molecule has 0 radical (unpaired) electrons. The summed E-state index contributed by atoms with van der Waals surface area (Å²) in [7, 11) is -3.44. The normalized spacial score (nSPS) is 21.2. The van der Waals surface area contributed by atoms with Crippen molar-refractivity contribution >= 4 is 15.9 Å². The van der Waals surface area contributed by atoms with Gasteiger partial charge >= 0.3 is 0 Å². The highest BCUT2D eigenvalue weighted by molar-refractivity contribution is 7.90. The molecule has 0 saturated heterocycles. The van der Waals surface area contributed by atoms with Crippen LogP contribution in [0.1, 0.15) is 43.2 Å². The van der Waals surface area contributed by atoms with Gasteiger partial charge in [0.1, 0.15) is 12.4 Å². The van der Waals surface area contributed by atoms with Crippen LogP contribution in [0, 0.1) is 22.9 Å². The minimum atomic E-state index is -3.44. The number of hydrogen-bond acceptors (Lipinski definition) is 4. The van der Waals surface area contributed by atoms with Crippen LogP contribution in [0.3, 0.4) is 0 Å². The van der Waals surface area contributed by atoms with Gasteiger partial charge in [0.2, 0.25) is 21.7 Å². The number of amides is 1. The molecular weight excluding hydrogens is 529 g/mol. The third kappa shape index (κ3) is 5.81. The van der Waals surface area contributed by atoms with Gasteiger partial charge in [0.25, 0.3) is 0 Å². The molecular formula is C29H29F3N2O4S. The van der Waals surface area contributed by atoms with Crippen molar-refractivity contribution < 1.29 is 31.1 Å². The summed E-state index contributed by atoms with van der Waals surface area (Å²) in [5.74, 6) is -4.03. The van der Waals surface area contributed by atoms with E-state index in [1.807, 2.05) is 6.07 Å². The summed E-state index contributed by atoms with van der Waals surface area (Å²) in [5, 5.41) is -0.379. The van der Waals surface area contributed by atoms with Crippen LogP contribution < -0.4 is 15.2 Å². The zero-order chi connectivity index (χ0) is 27.8. The Morgan fingerprint density at radius 3 is 2.36 bits per heavy atom. The molecule has 2 aliphatic rings. The summed E-state index contributed by atoms with van der Waals surface area (Å²) in [6.45, 7) is -0.0571. The Kier molecular flexibility index (Phi) is 7.43. The van der Waals surface area contributed by atoms with Crippen LogP contribution in [0.4, 0.5) is 13.2 Å². The van der Waals surface area contributed by atoms with Gasteiger partial charge in [-0.15, -0.1) is 0 Å². The molecule has 1 amide bonds. The molecule has 2 aliphatic carbocycles. The third-order valence-electron chi connectivity index (χ3n) is 7.56. The SMILES string of the molecule is NC(=O)[C@@]1(Cc2ccc(F)c(-c3ccc(F)c(F)c3OCc3ccccc3)c2)CC[C@H](NS(=O)(=O)C2CC2)C1. The van der Waals surface area contributed by atoms with E-state index in [1.165, 1.54) is 24.3 Å². The number of sulfonamides is 1. The van der Waals surface area contributed by atoms with Gasteiger partial charge in [-0.25, -0.2) is 21.9 Å². The monoisotopic (exact) mass is 558 g/mol. The number of nitrogens with one attached hydrogen (secondary N) is 1. The number of nitrogens with two attached hydrogens (primary N) is 1. The molecule has 0 heterocycles. The van der Waals surface area contributed by atoms with Crippen molar-refractivity contribution in [2.45, 2.75) is 56.4 Å². The number of carbonyl (C=O) groups is 1. The number of halogens is 3. The van der Waals surface area contributed by atoms with Crippen LogP contribution in [-0.2, 0) is 27.8 Å². The van der Waals surface area contributed by atoms with E-state index in [4.69, 9.17) is 10.5 Å². The lowest BCUT2D eigenvalue weighted by molar-refractivity contribution is -0.127. The Morgan fingerprint density at radius 1 is 0.949 bits per heavy atom. The number of carbonyl (C=O) groups excluding carboxylic acids is 1. The molecule has 0 bridgehead atoms. The lowest BCUT2D eigenvalue weighted by Gasteiger charge is -2.26. The average molecular weight is 559 g/mol. The molecule has 2 fully saturated rings. The molecule has 5 rings (SSSR count). The van der Waals surface area contributed by atoms with E-state index in [2.05, 4.69) is 4.72 Å². The molecule has 39 heavy (non-hydrogen) atoms. The Hall–Kier alpha value is -3.37. The molecule has 206 valence electrons. The van der Waals surface area contributed by atoms with Gasteiger partial charge in [-0.1, -0.05) is 36.4 Å². The molecule has 2 atom stereocenters. The van der Waals surface area contributed by atoms with E-state index < -0.39 is 50.6 Å². The van der Waals surface area contributed by atoms with Crippen LogP contribution >= 0.6 is 0 Å². The van der Waals surface area contributed by atoms with Crippen molar-refractivity contribution in [3.05, 3.63) is 89.2 Å². The van der Waals surface area contributed by atoms with E-state index >= 15 is 4.39 Å². The number of ether oxygens (including phenoxy) is 1. The fourth-order valence-corrected chi connectivity index (χ4v) is 6.91. The number of rotatable bonds is 10. The van der Waals surface area contributed by atoms with Crippen molar-refractivity contribution in [2.75, 3.05) is 0 Å². The molecule has 2 saturated carbocycles. The first-order valence-electron chi connectivity index (χ1n) is 12.8. The van der Waals surface area contributed by atoms with E-state index in [1.54, 1.807) is 24.3 Å². The summed E-state index contributed by atoms with van der Waals surface area (Å²) in [4.78, 5) is 12.6. The molecule has 3 N–H and O–H groups in total. The van der Waals surface area contributed by atoms with Gasteiger partial charge in [0.05, 0.1) is 10.7 Å². The summed E-state index contributed by atoms with van der Waals surface area (Å²) in [6, 6.07) is 14.8. The fourth-order valence-electron chi connectivity index (χ4n) is 5.30. The first kappa shape index (κ1) is 27.2. The van der Waals surface area contributed by atoms with Crippen molar-refractivity contribution in [2.24, 2.45) is 11.1 Å². The van der Waals surface area contributed by atoms with E-state index in [9.17, 15) is 22.0 Å². The van der Waals surface area contributed by atoms with Crippen LogP contribution in [-0.4, -0.2) is 25.6 Å². The highest BCUT2D eigenvalue weighted by Gasteiger charge is 2.46. The largest absolute Gasteiger partial charge is 0.485 e. The summed E-state index contributed by atoms with van der Waals surface area (Å²) in [6.07, 6.45) is 2.43. The molecule has 3 aromatic carbocycles. The highest BCUT2D eigenvalue weighted by atomic mass is 32.2. The topological polar surface area (TPSA) is 98.5 Å². The smallest absolute Gasteiger partial charge is 0.224 e. The second-order valence-electron chi connectivity index (χ2n) is 10.4. The molecule has 3 aromatic rings. The Bertz CT molecular complexity index is 1500. The van der Waals surface area contributed by atoms with Crippen LogP contribution in [0.5, 0.6) is 5.75 Å². The Labute approximate surface area is 225 Å². The Morgan fingerprint density at radius 2 is 1.67 bits per heavy atom. The molecule has 0 spiro atoms. The Balaban J connectivity index is 1.42. The maximum absolute atomic E-state index is 15.1. The van der Waals surface area contributed by atoms with Crippen molar-refractivity contribution in [1.29, 1.82) is 0 Å². The van der Waals surface area contributed by atoms with E-state index in [0.29, 0.717) is 31.2 Å². The predicted octanol–water partition coefficient (Wildman–Crippen LogP) is 5.00. The quantitative estimate of drug-likeness (QED) is 0.366. The van der Waals surface area contributed by atoms with Gasteiger partial charge in [-0.05, 0) is 73.9 Å². The number of hydrogen-bond donors (Lipinski definition) is 2. The van der Waals surface area contributed by atoms with E-state index in [0.717, 1.165) is 11.6 Å². The lowest BCUT2D eigenvalue weighted by Crippen LogP contribution is -2.40. The summed E-state index contributed by atoms with van der Waals surface area (Å²) < 4.78 is 77.3. The molecule has 6 nitrogen and oxygen atoms in total. The number of primary amides is 1. The van der Waals surface area contributed by atoms with Crippen molar-refractivity contribution in [1.82, 2.24) is 4.72 Å². The number of benzene rings is 3. The van der Waals surface area contributed by atoms with Crippen LogP contribution in [0.15, 0.2) is 60.7 Å². The third-order valence-corrected chi connectivity index (χ3v) is 9.58. The zero-order valence-corrected chi connectivity index (χ0v) is 21.9. The minimum Gasteiger partial charge on any atom is -0.485 e. The van der Waals surface area contributed by atoms with Gasteiger partial charge < -0.3 is 10.5 Å². The van der Waals surface area contributed by atoms with Crippen LogP contribution in [0.25, 0.3) is 11.1 Å². The maximum Gasteiger partial charge on any atom is 0.224 e. The van der Waals surface area contributed by atoms with Gasteiger partial charge in [-0.3, -0.25) is 4.79 Å². The highest BCUT2D eigenvalue weighted by Crippen LogP contribution is 2.43. The first-order chi connectivity index (χ1) is 18.6. The fraction of sp³-hybridized carbons (Fsp3) is 0.345. The maximum atomic E-state index is 15.1. The summed E-state index contributed by atoms with van der Waals surface area (Å²) in [5.41, 5.74) is 6.06. The summed E-state index contributed by atoms with van der Waals surface area (Å²) >= 11 is 0. The molecule has 0 aliphatic heterocycles. The zero-order valence-electron chi connectivity index (χ0n) is 21.1. The van der Waals surface area contributed by atoms with Crippen molar-refractivity contribution in [3.63, 3.8) is 0 Å². The van der Waals surface area contributed by atoms with Crippen molar-refractivity contribution in [3.8, 4) is 16.9 Å². The lowest BCUT2D eigenvalue weighted by atomic mass is 9.78. The minimum absolute atomic E-state index is 0.0157. The van der Waals surface area contributed by atoms with E-state index in [-0.39, 0.29) is 35.8 Å². The predicted molar refractivity (Wildman–Crippen MR) is 141 cm³/mol. The van der Waals surface area contributed by atoms with Gasteiger partial charge in [0, 0.05) is 17.2 Å². The molecule has 0 unspecified atom stereocenters. The average Bonchev–Trinajstić information content (AvgIpc) is 3.70. The first-order valence-corrected chi connectivity index (χ1v) is 14.4. The molecule has 0 aromatic heterocycles.